The Morgan fingerprint density at radius 3 is 2.80 bits per heavy atom. The molecule has 0 saturated carbocycles. The predicted octanol–water partition coefficient (Wildman–Crippen LogP) is 4.14. The summed E-state index contributed by atoms with van der Waals surface area (Å²) in [5.41, 5.74) is 2.39. The van der Waals surface area contributed by atoms with Gasteiger partial charge in [0.05, 0.1) is 10.2 Å². The molecule has 0 atom stereocenters. The molecular weight excluding hydrogens is 266 g/mol. The van der Waals surface area contributed by atoms with Gasteiger partial charge in [0.1, 0.15) is 0 Å². The smallest absolute Gasteiger partial charge is 0.183 e. The standard InChI is InChI=1S/C16H25N3S/c1-12(2)19(4)11-6-5-10-17-16-18-15-13(3)8-7-9-14(15)20-16/h7-9,12H,5-6,10-11H2,1-4H3,(H,17,18). The minimum atomic E-state index is 0.634. The van der Waals surface area contributed by atoms with Gasteiger partial charge in [0, 0.05) is 12.6 Å². The molecular formula is C16H25N3S. The van der Waals surface area contributed by atoms with Crippen LogP contribution in [0, 0.1) is 6.92 Å². The molecule has 1 heterocycles. The zero-order valence-electron chi connectivity index (χ0n) is 12.9. The second-order valence-electron chi connectivity index (χ2n) is 5.65. The van der Waals surface area contributed by atoms with E-state index in [-0.39, 0.29) is 0 Å². The van der Waals surface area contributed by atoms with E-state index in [0.717, 1.165) is 23.7 Å². The third-order valence-electron chi connectivity index (χ3n) is 3.72. The van der Waals surface area contributed by atoms with Crippen molar-refractivity contribution in [2.45, 2.75) is 39.7 Å². The second-order valence-corrected chi connectivity index (χ2v) is 6.68. The number of hydrogen-bond acceptors (Lipinski definition) is 4. The summed E-state index contributed by atoms with van der Waals surface area (Å²) in [6.07, 6.45) is 2.41. The van der Waals surface area contributed by atoms with Gasteiger partial charge in [-0.15, -0.1) is 0 Å². The number of thiazole rings is 1. The van der Waals surface area contributed by atoms with Gasteiger partial charge in [-0.25, -0.2) is 4.98 Å². The number of nitrogens with zero attached hydrogens (tertiary/aromatic N) is 2. The van der Waals surface area contributed by atoms with Crippen molar-refractivity contribution in [1.29, 1.82) is 0 Å². The molecule has 0 radical (unpaired) electrons. The molecule has 0 fully saturated rings. The maximum Gasteiger partial charge on any atom is 0.183 e. The van der Waals surface area contributed by atoms with Crippen molar-refractivity contribution < 1.29 is 0 Å². The maximum absolute atomic E-state index is 4.67. The highest BCUT2D eigenvalue weighted by molar-refractivity contribution is 7.22. The highest BCUT2D eigenvalue weighted by atomic mass is 32.1. The van der Waals surface area contributed by atoms with E-state index in [1.165, 1.54) is 23.1 Å². The molecule has 0 aliphatic rings. The van der Waals surface area contributed by atoms with Crippen LogP contribution in [0.25, 0.3) is 10.2 Å². The normalized spacial score (nSPS) is 11.7. The summed E-state index contributed by atoms with van der Waals surface area (Å²) >= 11 is 1.75. The maximum atomic E-state index is 4.67. The Labute approximate surface area is 126 Å². The first-order valence-electron chi connectivity index (χ1n) is 7.38. The van der Waals surface area contributed by atoms with Crippen molar-refractivity contribution in [2.75, 3.05) is 25.5 Å². The Morgan fingerprint density at radius 2 is 2.10 bits per heavy atom. The number of nitrogens with one attached hydrogen (secondary N) is 1. The van der Waals surface area contributed by atoms with Crippen LogP contribution < -0.4 is 5.32 Å². The molecule has 4 heteroatoms. The lowest BCUT2D eigenvalue weighted by molar-refractivity contribution is 0.269. The number of anilines is 1. The molecule has 1 aromatic heterocycles. The van der Waals surface area contributed by atoms with Crippen LogP contribution in [0.5, 0.6) is 0 Å². The fourth-order valence-corrected chi connectivity index (χ4v) is 3.07. The molecule has 0 bridgehead atoms. The summed E-state index contributed by atoms with van der Waals surface area (Å²) in [6.45, 7) is 8.76. The Hall–Kier alpha value is -1.13. The number of para-hydroxylation sites is 1. The van der Waals surface area contributed by atoms with Gasteiger partial charge in [0.25, 0.3) is 0 Å². The van der Waals surface area contributed by atoms with E-state index in [9.17, 15) is 0 Å². The molecule has 20 heavy (non-hydrogen) atoms. The van der Waals surface area contributed by atoms with Crippen LogP contribution >= 0.6 is 11.3 Å². The van der Waals surface area contributed by atoms with E-state index in [0.29, 0.717) is 6.04 Å². The number of aromatic nitrogens is 1. The van der Waals surface area contributed by atoms with E-state index >= 15 is 0 Å². The van der Waals surface area contributed by atoms with Crippen LogP contribution in [0.2, 0.25) is 0 Å². The molecule has 0 saturated heterocycles. The van der Waals surface area contributed by atoms with Crippen molar-refractivity contribution in [3.63, 3.8) is 0 Å². The summed E-state index contributed by atoms with van der Waals surface area (Å²) < 4.78 is 1.27. The quantitative estimate of drug-likeness (QED) is 0.777. The zero-order chi connectivity index (χ0) is 14.5. The van der Waals surface area contributed by atoms with Gasteiger partial charge in [-0.1, -0.05) is 23.5 Å². The van der Waals surface area contributed by atoms with Gasteiger partial charge in [0.15, 0.2) is 5.13 Å². The molecule has 2 aromatic rings. The monoisotopic (exact) mass is 291 g/mol. The van der Waals surface area contributed by atoms with Gasteiger partial charge in [-0.3, -0.25) is 0 Å². The van der Waals surface area contributed by atoms with E-state index in [1.54, 1.807) is 11.3 Å². The van der Waals surface area contributed by atoms with Crippen LogP contribution in [0.15, 0.2) is 18.2 Å². The zero-order valence-corrected chi connectivity index (χ0v) is 13.8. The lowest BCUT2D eigenvalue weighted by Crippen LogP contribution is -2.27. The Morgan fingerprint density at radius 1 is 1.30 bits per heavy atom. The molecule has 2 rings (SSSR count). The molecule has 110 valence electrons. The van der Waals surface area contributed by atoms with Gasteiger partial charge >= 0.3 is 0 Å². The molecule has 0 aliphatic carbocycles. The van der Waals surface area contributed by atoms with Gasteiger partial charge in [0.2, 0.25) is 0 Å². The summed E-state index contributed by atoms with van der Waals surface area (Å²) in [4.78, 5) is 7.06. The van der Waals surface area contributed by atoms with Gasteiger partial charge in [-0.05, 0) is 58.8 Å². The third kappa shape index (κ3) is 3.93. The number of rotatable bonds is 7. The summed E-state index contributed by atoms with van der Waals surface area (Å²) in [7, 11) is 2.19. The SMILES string of the molecule is Cc1cccc2sc(NCCCCN(C)C(C)C)nc12. The number of hydrogen-bond donors (Lipinski definition) is 1. The molecule has 0 amide bonds. The predicted molar refractivity (Wildman–Crippen MR) is 89.8 cm³/mol. The summed E-state index contributed by atoms with van der Waals surface area (Å²) in [6, 6.07) is 6.99. The molecule has 0 unspecified atom stereocenters. The van der Waals surface area contributed by atoms with Crippen molar-refractivity contribution in [3.05, 3.63) is 23.8 Å². The van der Waals surface area contributed by atoms with Crippen LogP contribution in [-0.2, 0) is 0 Å². The highest BCUT2D eigenvalue weighted by Crippen LogP contribution is 2.27. The van der Waals surface area contributed by atoms with Crippen molar-refractivity contribution in [3.8, 4) is 0 Å². The van der Waals surface area contributed by atoms with Crippen LogP contribution in [0.3, 0.4) is 0 Å². The number of fused-ring (bicyclic) bond motifs is 1. The molecule has 1 N–H and O–H groups in total. The Bertz CT molecular complexity index is 548. The van der Waals surface area contributed by atoms with Gasteiger partial charge < -0.3 is 10.2 Å². The average Bonchev–Trinajstić information content (AvgIpc) is 2.82. The first kappa shape index (κ1) is 15.3. The topological polar surface area (TPSA) is 28.2 Å². The lowest BCUT2D eigenvalue weighted by Gasteiger charge is -2.20. The number of unbranched alkanes of at least 4 members (excludes halogenated alkanes) is 1. The second kappa shape index (κ2) is 7.04. The lowest BCUT2D eigenvalue weighted by atomic mass is 10.2. The fraction of sp³-hybridized carbons (Fsp3) is 0.562. The van der Waals surface area contributed by atoms with Crippen LogP contribution in [0.1, 0.15) is 32.3 Å². The fourth-order valence-electron chi connectivity index (χ4n) is 2.10. The average molecular weight is 291 g/mol. The highest BCUT2D eigenvalue weighted by Gasteiger charge is 2.05. The van der Waals surface area contributed by atoms with Crippen molar-refractivity contribution >= 4 is 26.7 Å². The van der Waals surface area contributed by atoms with Crippen molar-refractivity contribution in [2.24, 2.45) is 0 Å². The first-order chi connectivity index (χ1) is 9.58. The van der Waals surface area contributed by atoms with Crippen molar-refractivity contribution in [1.82, 2.24) is 9.88 Å². The largest absolute Gasteiger partial charge is 0.361 e. The minimum Gasteiger partial charge on any atom is -0.361 e. The molecule has 0 spiro atoms. The third-order valence-corrected chi connectivity index (χ3v) is 4.69. The number of benzene rings is 1. The molecule has 1 aromatic carbocycles. The van der Waals surface area contributed by atoms with Crippen LogP contribution in [0.4, 0.5) is 5.13 Å². The molecule has 0 aliphatic heterocycles. The van der Waals surface area contributed by atoms with Crippen LogP contribution in [-0.4, -0.2) is 36.1 Å². The van der Waals surface area contributed by atoms with E-state index in [4.69, 9.17) is 0 Å². The van der Waals surface area contributed by atoms with E-state index in [1.807, 2.05) is 0 Å². The summed E-state index contributed by atoms with van der Waals surface area (Å²) in [5, 5.41) is 4.50. The van der Waals surface area contributed by atoms with Gasteiger partial charge in [-0.2, -0.15) is 0 Å². The van der Waals surface area contributed by atoms with E-state index in [2.05, 4.69) is 61.2 Å². The number of aryl methyl sites for hydroxylation is 1. The first-order valence-corrected chi connectivity index (χ1v) is 8.20. The van der Waals surface area contributed by atoms with E-state index < -0.39 is 0 Å². The minimum absolute atomic E-state index is 0.634. The summed E-state index contributed by atoms with van der Waals surface area (Å²) in [5.74, 6) is 0. The molecule has 3 nitrogen and oxygen atoms in total. The Kier molecular flexibility index (Phi) is 5.38. The Balaban J connectivity index is 1.77.